The zero-order chi connectivity index (χ0) is 22.1. The van der Waals surface area contributed by atoms with Gasteiger partial charge in [0.1, 0.15) is 0 Å². The fraction of sp³-hybridized carbons (Fsp3) is 0.769. The Morgan fingerprint density at radius 3 is 2.10 bits per heavy atom. The standard InChI is InChI=1S/C26H40F2O3/c1-3-5-7-22-13-12-21(18-30-22)20-10-8-19(9-11-20)17-31-24-15-14-23(25(27)26(24)28)29-16-6-4-2/h14-15,19-22H,3-13,16-18H2,1-2H3. The van der Waals surface area contributed by atoms with Crippen LogP contribution in [0.5, 0.6) is 11.5 Å². The van der Waals surface area contributed by atoms with Gasteiger partial charge in [0.25, 0.3) is 0 Å². The lowest BCUT2D eigenvalue weighted by molar-refractivity contribution is -0.0433. The first-order valence-electron chi connectivity index (χ1n) is 12.5. The molecule has 0 spiro atoms. The summed E-state index contributed by atoms with van der Waals surface area (Å²) in [4.78, 5) is 0. The van der Waals surface area contributed by atoms with Gasteiger partial charge in [-0.2, -0.15) is 8.78 Å². The Morgan fingerprint density at radius 1 is 0.839 bits per heavy atom. The summed E-state index contributed by atoms with van der Waals surface area (Å²) >= 11 is 0. The fourth-order valence-electron chi connectivity index (χ4n) is 4.95. The van der Waals surface area contributed by atoms with Crippen molar-refractivity contribution in [1.82, 2.24) is 0 Å². The summed E-state index contributed by atoms with van der Waals surface area (Å²) in [6.45, 7) is 6.01. The van der Waals surface area contributed by atoms with E-state index < -0.39 is 11.6 Å². The first kappa shape index (κ1) is 24.3. The van der Waals surface area contributed by atoms with Crippen molar-refractivity contribution in [3.05, 3.63) is 23.8 Å². The highest BCUT2D eigenvalue weighted by molar-refractivity contribution is 5.35. The quantitative estimate of drug-likeness (QED) is 0.339. The van der Waals surface area contributed by atoms with Crippen molar-refractivity contribution in [3.63, 3.8) is 0 Å². The summed E-state index contributed by atoms with van der Waals surface area (Å²) in [6.07, 6.45) is 13.0. The van der Waals surface area contributed by atoms with E-state index in [2.05, 4.69) is 6.92 Å². The molecule has 1 aromatic rings. The van der Waals surface area contributed by atoms with E-state index in [1.54, 1.807) is 0 Å². The van der Waals surface area contributed by atoms with Crippen molar-refractivity contribution in [1.29, 1.82) is 0 Å². The first-order valence-corrected chi connectivity index (χ1v) is 12.5. The molecule has 5 heteroatoms. The maximum Gasteiger partial charge on any atom is 0.204 e. The molecule has 0 N–H and O–H groups in total. The molecule has 176 valence electrons. The van der Waals surface area contributed by atoms with E-state index in [0.29, 0.717) is 31.2 Å². The number of rotatable bonds is 11. The summed E-state index contributed by atoms with van der Waals surface area (Å²) < 4.78 is 45.7. The SMILES string of the molecule is CCCCOc1ccc(OCC2CCC(C3CCC(CCCC)OC3)CC2)c(F)c1F. The van der Waals surface area contributed by atoms with Crippen LogP contribution >= 0.6 is 0 Å². The van der Waals surface area contributed by atoms with Gasteiger partial charge in [0.15, 0.2) is 11.5 Å². The lowest BCUT2D eigenvalue weighted by atomic mass is 9.74. The molecule has 1 saturated heterocycles. The summed E-state index contributed by atoms with van der Waals surface area (Å²) in [5.74, 6) is -0.122. The van der Waals surface area contributed by atoms with Gasteiger partial charge in [0, 0.05) is 0 Å². The van der Waals surface area contributed by atoms with Crippen molar-refractivity contribution in [3.8, 4) is 11.5 Å². The number of hydrogen-bond donors (Lipinski definition) is 0. The van der Waals surface area contributed by atoms with Gasteiger partial charge in [-0.3, -0.25) is 0 Å². The number of hydrogen-bond acceptors (Lipinski definition) is 3. The number of benzene rings is 1. The van der Waals surface area contributed by atoms with E-state index in [0.717, 1.165) is 38.2 Å². The lowest BCUT2D eigenvalue weighted by Crippen LogP contribution is -2.33. The van der Waals surface area contributed by atoms with Crippen LogP contribution in [0.2, 0.25) is 0 Å². The van der Waals surface area contributed by atoms with E-state index in [1.165, 1.54) is 57.1 Å². The molecular formula is C26H40F2O3. The van der Waals surface area contributed by atoms with E-state index in [4.69, 9.17) is 14.2 Å². The number of halogens is 2. The monoisotopic (exact) mass is 438 g/mol. The molecule has 1 aromatic carbocycles. The van der Waals surface area contributed by atoms with Gasteiger partial charge in [-0.1, -0.05) is 33.1 Å². The molecule has 1 heterocycles. The molecule has 3 nitrogen and oxygen atoms in total. The van der Waals surface area contributed by atoms with Crippen LogP contribution in [-0.2, 0) is 4.74 Å². The summed E-state index contributed by atoms with van der Waals surface area (Å²) in [6, 6.07) is 2.96. The number of unbranched alkanes of at least 4 members (excludes halogenated alkanes) is 2. The molecule has 1 aliphatic heterocycles. The molecule has 1 saturated carbocycles. The Kier molecular flexibility index (Phi) is 9.89. The summed E-state index contributed by atoms with van der Waals surface area (Å²) in [7, 11) is 0. The highest BCUT2D eigenvalue weighted by Gasteiger charge is 2.31. The van der Waals surface area contributed by atoms with Crippen LogP contribution in [-0.4, -0.2) is 25.9 Å². The van der Waals surface area contributed by atoms with Crippen LogP contribution in [0.3, 0.4) is 0 Å². The minimum atomic E-state index is -0.952. The van der Waals surface area contributed by atoms with Gasteiger partial charge >= 0.3 is 0 Å². The summed E-state index contributed by atoms with van der Waals surface area (Å²) in [5, 5.41) is 0. The van der Waals surface area contributed by atoms with Crippen LogP contribution in [0.15, 0.2) is 12.1 Å². The molecular weight excluding hydrogens is 398 g/mol. The highest BCUT2D eigenvalue weighted by atomic mass is 19.2. The predicted octanol–water partition coefficient (Wildman–Crippen LogP) is 7.31. The van der Waals surface area contributed by atoms with E-state index in [1.807, 2.05) is 6.92 Å². The Balaban J connectivity index is 1.39. The van der Waals surface area contributed by atoms with Crippen LogP contribution in [0.25, 0.3) is 0 Å². The predicted molar refractivity (Wildman–Crippen MR) is 120 cm³/mol. The number of ether oxygens (including phenoxy) is 3. The molecule has 2 fully saturated rings. The average molecular weight is 439 g/mol. The third-order valence-corrected chi connectivity index (χ3v) is 7.08. The minimum Gasteiger partial charge on any atom is -0.490 e. The maximum absolute atomic E-state index is 14.3. The second kappa shape index (κ2) is 12.6. The van der Waals surface area contributed by atoms with Gasteiger partial charge < -0.3 is 14.2 Å². The average Bonchev–Trinajstić information content (AvgIpc) is 2.81. The lowest BCUT2D eigenvalue weighted by Gasteiger charge is -2.37. The van der Waals surface area contributed by atoms with Crippen molar-refractivity contribution >= 4 is 0 Å². The molecule has 3 rings (SSSR count). The van der Waals surface area contributed by atoms with Crippen molar-refractivity contribution in [2.75, 3.05) is 19.8 Å². The zero-order valence-electron chi connectivity index (χ0n) is 19.3. The second-order valence-corrected chi connectivity index (χ2v) is 9.42. The third kappa shape index (κ3) is 7.06. The molecule has 31 heavy (non-hydrogen) atoms. The van der Waals surface area contributed by atoms with Crippen LogP contribution < -0.4 is 9.47 Å². The second-order valence-electron chi connectivity index (χ2n) is 9.42. The maximum atomic E-state index is 14.3. The van der Waals surface area contributed by atoms with Gasteiger partial charge in [0.05, 0.1) is 25.9 Å². The topological polar surface area (TPSA) is 27.7 Å². The smallest absolute Gasteiger partial charge is 0.204 e. The Morgan fingerprint density at radius 2 is 1.48 bits per heavy atom. The van der Waals surface area contributed by atoms with Gasteiger partial charge in [-0.15, -0.1) is 0 Å². The Bertz CT molecular complexity index is 650. The molecule has 2 unspecified atom stereocenters. The molecule has 0 bridgehead atoms. The first-order chi connectivity index (χ1) is 15.1. The van der Waals surface area contributed by atoms with Gasteiger partial charge in [0.2, 0.25) is 11.6 Å². The normalized spacial score (nSPS) is 26.6. The van der Waals surface area contributed by atoms with Gasteiger partial charge in [-0.25, -0.2) is 0 Å². The molecule has 2 atom stereocenters. The van der Waals surface area contributed by atoms with Crippen molar-refractivity contribution in [2.45, 2.75) is 90.6 Å². The summed E-state index contributed by atoms with van der Waals surface area (Å²) in [5.41, 5.74) is 0. The van der Waals surface area contributed by atoms with Crippen LogP contribution in [0, 0.1) is 29.4 Å². The molecule has 2 aliphatic rings. The van der Waals surface area contributed by atoms with Crippen molar-refractivity contribution in [2.24, 2.45) is 17.8 Å². The molecule has 0 aromatic heterocycles. The molecule has 1 aliphatic carbocycles. The fourth-order valence-corrected chi connectivity index (χ4v) is 4.95. The Labute approximate surface area is 186 Å². The minimum absolute atomic E-state index is 0.0127. The van der Waals surface area contributed by atoms with E-state index in [9.17, 15) is 8.78 Å². The molecule has 0 radical (unpaired) electrons. The van der Waals surface area contributed by atoms with E-state index >= 15 is 0 Å². The van der Waals surface area contributed by atoms with Crippen molar-refractivity contribution < 1.29 is 23.0 Å². The van der Waals surface area contributed by atoms with Crippen LogP contribution in [0.1, 0.15) is 84.5 Å². The third-order valence-electron chi connectivity index (χ3n) is 7.08. The van der Waals surface area contributed by atoms with Gasteiger partial charge in [-0.05, 0) is 81.3 Å². The molecule has 0 amide bonds. The van der Waals surface area contributed by atoms with Crippen LogP contribution in [0.4, 0.5) is 8.78 Å². The van der Waals surface area contributed by atoms with E-state index in [-0.39, 0.29) is 11.5 Å². The highest BCUT2D eigenvalue weighted by Crippen LogP contribution is 2.38. The zero-order valence-corrected chi connectivity index (χ0v) is 19.3. The largest absolute Gasteiger partial charge is 0.490 e. The Hall–Kier alpha value is -1.36.